The lowest BCUT2D eigenvalue weighted by Gasteiger charge is -2.25. The van der Waals surface area contributed by atoms with E-state index in [1.54, 1.807) is 25.1 Å². The van der Waals surface area contributed by atoms with Crippen molar-refractivity contribution < 1.29 is 9.84 Å². The van der Waals surface area contributed by atoms with Crippen molar-refractivity contribution in [3.8, 4) is 11.8 Å². The van der Waals surface area contributed by atoms with Crippen molar-refractivity contribution in [1.29, 1.82) is 5.26 Å². The molecule has 0 bridgehead atoms. The fraction of sp³-hybridized carbons (Fsp3) is 0.235. The molecule has 2 aromatic rings. The van der Waals surface area contributed by atoms with Gasteiger partial charge in [0.1, 0.15) is 11.4 Å². The molecule has 0 aromatic heterocycles. The predicted octanol–water partition coefficient (Wildman–Crippen LogP) is 3.21. The molecule has 2 aromatic carbocycles. The predicted molar refractivity (Wildman–Crippen MR) is 77.4 cm³/mol. The summed E-state index contributed by atoms with van der Waals surface area (Å²) in [7, 11) is 0. The molecule has 0 fully saturated rings. The Balaban J connectivity index is 2.35. The van der Waals surface area contributed by atoms with Crippen molar-refractivity contribution in [3.05, 3.63) is 65.2 Å². The van der Waals surface area contributed by atoms with E-state index in [0.29, 0.717) is 17.7 Å². The number of ether oxygens (including phenoxy) is 1. The molecule has 0 aliphatic heterocycles. The lowest BCUT2D eigenvalue weighted by atomic mass is 9.87. The smallest absolute Gasteiger partial charge is 0.119 e. The van der Waals surface area contributed by atoms with Crippen molar-refractivity contribution in [1.82, 2.24) is 0 Å². The van der Waals surface area contributed by atoms with Gasteiger partial charge in [0.25, 0.3) is 0 Å². The Bertz CT molecular complexity index is 624. The van der Waals surface area contributed by atoms with E-state index in [1.807, 2.05) is 37.3 Å². The SMILES string of the molecule is CCOc1ccc(C(C)(O)c2cccc(C#N)c2)cc1. The van der Waals surface area contributed by atoms with E-state index in [0.717, 1.165) is 11.3 Å². The van der Waals surface area contributed by atoms with Gasteiger partial charge in [-0.2, -0.15) is 5.26 Å². The molecule has 0 saturated carbocycles. The number of nitrogens with zero attached hydrogens (tertiary/aromatic N) is 1. The first-order chi connectivity index (χ1) is 9.57. The number of aliphatic hydroxyl groups is 1. The first-order valence-electron chi connectivity index (χ1n) is 6.54. The van der Waals surface area contributed by atoms with Crippen LogP contribution in [0, 0.1) is 11.3 Å². The highest BCUT2D eigenvalue weighted by Crippen LogP contribution is 2.30. The monoisotopic (exact) mass is 267 g/mol. The van der Waals surface area contributed by atoms with Gasteiger partial charge >= 0.3 is 0 Å². The summed E-state index contributed by atoms with van der Waals surface area (Å²) in [5.41, 5.74) is 0.850. The molecule has 0 heterocycles. The second-order valence-corrected chi connectivity index (χ2v) is 4.72. The average molecular weight is 267 g/mol. The van der Waals surface area contributed by atoms with Gasteiger partial charge in [-0.25, -0.2) is 0 Å². The van der Waals surface area contributed by atoms with Gasteiger partial charge in [-0.05, 0) is 49.2 Å². The maximum Gasteiger partial charge on any atom is 0.119 e. The molecular formula is C17H17NO2. The van der Waals surface area contributed by atoms with E-state index in [9.17, 15) is 5.11 Å². The molecule has 3 heteroatoms. The Hall–Kier alpha value is -2.31. The van der Waals surface area contributed by atoms with Crippen LogP contribution < -0.4 is 4.74 Å². The molecule has 1 unspecified atom stereocenters. The average Bonchev–Trinajstić information content (AvgIpc) is 2.48. The zero-order valence-corrected chi connectivity index (χ0v) is 11.6. The Morgan fingerprint density at radius 1 is 1.15 bits per heavy atom. The fourth-order valence-electron chi connectivity index (χ4n) is 2.10. The van der Waals surface area contributed by atoms with Gasteiger partial charge in [0.2, 0.25) is 0 Å². The fourth-order valence-corrected chi connectivity index (χ4v) is 2.10. The van der Waals surface area contributed by atoms with Crippen LogP contribution >= 0.6 is 0 Å². The molecule has 1 atom stereocenters. The Morgan fingerprint density at radius 3 is 2.45 bits per heavy atom. The maximum atomic E-state index is 10.7. The lowest BCUT2D eigenvalue weighted by molar-refractivity contribution is 0.102. The zero-order valence-electron chi connectivity index (χ0n) is 11.6. The van der Waals surface area contributed by atoms with Gasteiger partial charge in [0, 0.05) is 0 Å². The summed E-state index contributed by atoms with van der Waals surface area (Å²) in [5, 5.41) is 19.7. The first kappa shape index (κ1) is 14.1. The minimum atomic E-state index is -1.14. The third kappa shape index (κ3) is 2.81. The van der Waals surface area contributed by atoms with Gasteiger partial charge in [-0.15, -0.1) is 0 Å². The molecule has 20 heavy (non-hydrogen) atoms. The molecule has 3 nitrogen and oxygen atoms in total. The van der Waals surface area contributed by atoms with Crippen LogP contribution in [0.4, 0.5) is 0 Å². The minimum absolute atomic E-state index is 0.536. The summed E-state index contributed by atoms with van der Waals surface area (Å²) in [6.07, 6.45) is 0. The van der Waals surface area contributed by atoms with Gasteiger partial charge in [-0.3, -0.25) is 0 Å². The topological polar surface area (TPSA) is 53.2 Å². The zero-order chi connectivity index (χ0) is 14.6. The van der Waals surface area contributed by atoms with Crippen molar-refractivity contribution in [2.75, 3.05) is 6.61 Å². The van der Waals surface area contributed by atoms with E-state index in [2.05, 4.69) is 6.07 Å². The quantitative estimate of drug-likeness (QED) is 0.925. The summed E-state index contributed by atoms with van der Waals surface area (Å²) in [5.74, 6) is 0.776. The minimum Gasteiger partial charge on any atom is -0.494 e. The van der Waals surface area contributed by atoms with E-state index < -0.39 is 5.60 Å². The van der Waals surface area contributed by atoms with Crippen molar-refractivity contribution in [3.63, 3.8) is 0 Å². The summed E-state index contributed by atoms with van der Waals surface area (Å²) >= 11 is 0. The molecule has 0 spiro atoms. The number of benzene rings is 2. The summed E-state index contributed by atoms with van der Waals surface area (Å²) in [6.45, 7) is 4.26. The molecular weight excluding hydrogens is 250 g/mol. The first-order valence-corrected chi connectivity index (χ1v) is 6.54. The molecule has 0 aliphatic rings. The van der Waals surface area contributed by atoms with Gasteiger partial charge in [0.05, 0.1) is 18.2 Å². The number of hydrogen-bond acceptors (Lipinski definition) is 3. The Morgan fingerprint density at radius 2 is 1.85 bits per heavy atom. The summed E-state index contributed by atoms with van der Waals surface area (Å²) in [6, 6.07) is 16.4. The normalized spacial score (nSPS) is 13.3. The van der Waals surface area contributed by atoms with Crippen molar-refractivity contribution in [2.24, 2.45) is 0 Å². The molecule has 0 aliphatic carbocycles. The largest absolute Gasteiger partial charge is 0.494 e. The van der Waals surface area contributed by atoms with Crippen LogP contribution in [0.3, 0.4) is 0 Å². The molecule has 102 valence electrons. The number of hydrogen-bond donors (Lipinski definition) is 1. The maximum absolute atomic E-state index is 10.7. The van der Waals surface area contributed by atoms with Crippen LogP contribution in [0.15, 0.2) is 48.5 Å². The van der Waals surface area contributed by atoms with Crippen molar-refractivity contribution in [2.45, 2.75) is 19.4 Å². The standard InChI is InChI=1S/C17H17NO2/c1-3-20-16-9-7-14(8-10-16)17(2,19)15-6-4-5-13(11-15)12-18/h4-11,19H,3H2,1-2H3. The van der Waals surface area contributed by atoms with Gasteiger partial charge in [-0.1, -0.05) is 24.3 Å². The van der Waals surface area contributed by atoms with Crippen LogP contribution in [-0.2, 0) is 5.60 Å². The van der Waals surface area contributed by atoms with E-state index >= 15 is 0 Å². The second-order valence-electron chi connectivity index (χ2n) is 4.72. The van der Waals surface area contributed by atoms with Crippen LogP contribution in [0.25, 0.3) is 0 Å². The molecule has 1 N–H and O–H groups in total. The second kappa shape index (κ2) is 5.77. The van der Waals surface area contributed by atoms with Crippen LogP contribution in [0.1, 0.15) is 30.5 Å². The number of nitriles is 1. The van der Waals surface area contributed by atoms with E-state index in [-0.39, 0.29) is 0 Å². The van der Waals surface area contributed by atoms with Crippen LogP contribution in [-0.4, -0.2) is 11.7 Å². The van der Waals surface area contributed by atoms with Gasteiger partial charge in [0.15, 0.2) is 0 Å². The molecule has 2 rings (SSSR count). The molecule has 0 saturated heterocycles. The van der Waals surface area contributed by atoms with E-state index in [1.165, 1.54) is 0 Å². The summed E-state index contributed by atoms with van der Waals surface area (Å²) in [4.78, 5) is 0. The van der Waals surface area contributed by atoms with E-state index in [4.69, 9.17) is 10.00 Å². The van der Waals surface area contributed by atoms with Gasteiger partial charge < -0.3 is 9.84 Å². The van der Waals surface area contributed by atoms with Crippen molar-refractivity contribution >= 4 is 0 Å². The number of rotatable bonds is 4. The lowest BCUT2D eigenvalue weighted by Crippen LogP contribution is -2.22. The molecule has 0 amide bonds. The highest BCUT2D eigenvalue weighted by Gasteiger charge is 2.25. The van der Waals surface area contributed by atoms with Crippen LogP contribution in [0.2, 0.25) is 0 Å². The van der Waals surface area contributed by atoms with Crippen LogP contribution in [0.5, 0.6) is 5.75 Å². The third-order valence-corrected chi connectivity index (χ3v) is 3.28. The highest BCUT2D eigenvalue weighted by atomic mass is 16.5. The molecule has 0 radical (unpaired) electrons. The Labute approximate surface area is 119 Å². The Kier molecular flexibility index (Phi) is 4.07. The highest BCUT2D eigenvalue weighted by molar-refractivity contribution is 5.42. The summed E-state index contributed by atoms with van der Waals surface area (Å²) < 4.78 is 5.39. The third-order valence-electron chi connectivity index (χ3n) is 3.28.